The highest BCUT2D eigenvalue weighted by Crippen LogP contribution is 2.37. The van der Waals surface area contributed by atoms with Gasteiger partial charge < -0.3 is 14.2 Å². The molecule has 0 saturated heterocycles. The van der Waals surface area contributed by atoms with Crippen LogP contribution in [-0.2, 0) is 11.2 Å². The van der Waals surface area contributed by atoms with Crippen molar-refractivity contribution in [1.82, 2.24) is 15.0 Å². The molecule has 0 aliphatic heterocycles. The molecule has 158 valence electrons. The van der Waals surface area contributed by atoms with Crippen molar-refractivity contribution in [3.8, 4) is 0 Å². The number of benzene rings is 1. The number of carbonyl (C=O) groups excluding carboxylic acids is 1. The second kappa shape index (κ2) is 8.56. The number of aromatic nitrogens is 2. The van der Waals surface area contributed by atoms with Crippen LogP contribution in [-0.4, -0.2) is 40.7 Å². The van der Waals surface area contributed by atoms with Crippen LogP contribution in [0.15, 0.2) is 34.9 Å². The van der Waals surface area contributed by atoms with Gasteiger partial charge in [0.25, 0.3) is 11.6 Å². The van der Waals surface area contributed by atoms with E-state index in [0.717, 1.165) is 18.5 Å². The molecule has 1 atom stereocenters. The van der Waals surface area contributed by atoms with Crippen molar-refractivity contribution in [2.75, 3.05) is 19.8 Å². The van der Waals surface area contributed by atoms with Crippen LogP contribution in [0.2, 0.25) is 0 Å². The molecule has 0 radical (unpaired) electrons. The Morgan fingerprint density at radius 3 is 2.90 bits per heavy atom. The van der Waals surface area contributed by atoms with Crippen LogP contribution in [0.1, 0.15) is 72.0 Å². The van der Waals surface area contributed by atoms with Gasteiger partial charge in [-0.1, -0.05) is 43.3 Å². The quantitative estimate of drug-likeness (QED) is 0.525. The van der Waals surface area contributed by atoms with Crippen molar-refractivity contribution >= 4 is 17.0 Å². The molecule has 1 aliphatic rings. The summed E-state index contributed by atoms with van der Waals surface area (Å²) in [6.45, 7) is 9.63. The molecule has 6 nitrogen and oxygen atoms in total. The first-order valence-electron chi connectivity index (χ1n) is 10.7. The Bertz CT molecular complexity index is 1060. The van der Waals surface area contributed by atoms with Gasteiger partial charge in [0.2, 0.25) is 0 Å². The van der Waals surface area contributed by atoms with E-state index in [0.29, 0.717) is 42.1 Å². The summed E-state index contributed by atoms with van der Waals surface area (Å²) >= 11 is 0. The summed E-state index contributed by atoms with van der Waals surface area (Å²) in [6, 6.07) is 10.4. The largest absolute Gasteiger partial charge is 0.380 e. The normalized spacial score (nSPS) is 15.7. The van der Waals surface area contributed by atoms with Crippen LogP contribution >= 0.6 is 0 Å². The number of amides is 1. The first-order chi connectivity index (χ1) is 14.5. The van der Waals surface area contributed by atoms with Crippen LogP contribution in [0.3, 0.4) is 0 Å². The lowest BCUT2D eigenvalue weighted by Crippen LogP contribution is -2.37. The van der Waals surface area contributed by atoms with Gasteiger partial charge in [0.15, 0.2) is 0 Å². The van der Waals surface area contributed by atoms with Crippen molar-refractivity contribution in [2.24, 2.45) is 0 Å². The summed E-state index contributed by atoms with van der Waals surface area (Å²) in [7, 11) is 0. The van der Waals surface area contributed by atoms with Gasteiger partial charge in [0.05, 0.1) is 29.3 Å². The molecule has 0 spiro atoms. The highest BCUT2D eigenvalue weighted by Gasteiger charge is 2.33. The van der Waals surface area contributed by atoms with Crippen molar-refractivity contribution in [1.29, 1.82) is 0 Å². The molecule has 0 N–H and O–H groups in total. The van der Waals surface area contributed by atoms with E-state index < -0.39 is 0 Å². The second-order valence-electron chi connectivity index (χ2n) is 8.15. The maximum atomic E-state index is 13.9. The molecular weight excluding hydrogens is 378 g/mol. The molecule has 1 unspecified atom stereocenters. The molecule has 3 aromatic rings. The van der Waals surface area contributed by atoms with E-state index >= 15 is 0 Å². The molecule has 1 aromatic carbocycles. The molecule has 2 aromatic heterocycles. The lowest BCUT2D eigenvalue weighted by atomic mass is 10.0. The summed E-state index contributed by atoms with van der Waals surface area (Å²) in [6.07, 6.45) is 1.90. The Hall–Kier alpha value is -2.73. The van der Waals surface area contributed by atoms with Crippen molar-refractivity contribution in [3.05, 3.63) is 58.4 Å². The SMILES string of the molecule is CCOCCN(C(=O)c1cc(C(C)C)nc2onc(C)c12)C1CCc2ccccc21. The lowest BCUT2D eigenvalue weighted by molar-refractivity contribution is 0.0557. The van der Waals surface area contributed by atoms with E-state index in [2.05, 4.69) is 42.2 Å². The minimum Gasteiger partial charge on any atom is -0.380 e. The smallest absolute Gasteiger partial charge is 0.259 e. The fraction of sp³-hybridized carbons (Fsp3) is 0.458. The van der Waals surface area contributed by atoms with Gasteiger partial charge in [0.1, 0.15) is 0 Å². The summed E-state index contributed by atoms with van der Waals surface area (Å²) in [5.74, 6) is 0.160. The highest BCUT2D eigenvalue weighted by atomic mass is 16.5. The molecule has 0 fully saturated rings. The molecular formula is C24H29N3O3. The molecule has 30 heavy (non-hydrogen) atoms. The van der Waals surface area contributed by atoms with E-state index in [9.17, 15) is 4.79 Å². The molecule has 1 aliphatic carbocycles. The monoisotopic (exact) mass is 407 g/mol. The number of hydrogen-bond donors (Lipinski definition) is 0. The Morgan fingerprint density at radius 2 is 2.13 bits per heavy atom. The zero-order chi connectivity index (χ0) is 21.3. The summed E-state index contributed by atoms with van der Waals surface area (Å²) < 4.78 is 11.1. The van der Waals surface area contributed by atoms with E-state index in [1.165, 1.54) is 11.1 Å². The minimum absolute atomic E-state index is 0.0167. The van der Waals surface area contributed by atoms with E-state index in [-0.39, 0.29) is 17.9 Å². The first kappa shape index (κ1) is 20.5. The average Bonchev–Trinajstić information content (AvgIpc) is 3.34. The topological polar surface area (TPSA) is 68.5 Å². The molecule has 1 amide bonds. The zero-order valence-electron chi connectivity index (χ0n) is 18.1. The fourth-order valence-electron chi connectivity index (χ4n) is 4.30. The lowest BCUT2D eigenvalue weighted by Gasteiger charge is -2.30. The van der Waals surface area contributed by atoms with E-state index in [1.54, 1.807) is 0 Å². The molecule has 0 saturated carbocycles. The number of fused-ring (bicyclic) bond motifs is 2. The van der Waals surface area contributed by atoms with Gasteiger partial charge >= 0.3 is 0 Å². The van der Waals surface area contributed by atoms with E-state index in [4.69, 9.17) is 9.26 Å². The number of hydrogen-bond acceptors (Lipinski definition) is 5. The summed E-state index contributed by atoms with van der Waals surface area (Å²) in [5.41, 5.74) is 5.12. The van der Waals surface area contributed by atoms with E-state index in [1.807, 2.05) is 30.9 Å². The van der Waals surface area contributed by atoms with Gasteiger partial charge in [-0.15, -0.1) is 0 Å². The highest BCUT2D eigenvalue weighted by molar-refractivity contribution is 6.06. The van der Waals surface area contributed by atoms with Gasteiger partial charge in [-0.05, 0) is 49.8 Å². The first-order valence-corrected chi connectivity index (χ1v) is 10.7. The van der Waals surface area contributed by atoms with Gasteiger partial charge in [-0.25, -0.2) is 4.98 Å². The Morgan fingerprint density at radius 1 is 1.33 bits per heavy atom. The fourth-order valence-corrected chi connectivity index (χ4v) is 4.30. The number of rotatable bonds is 7. The van der Waals surface area contributed by atoms with Gasteiger partial charge in [0, 0.05) is 18.8 Å². The van der Waals surface area contributed by atoms with Crippen LogP contribution < -0.4 is 0 Å². The number of pyridine rings is 1. The second-order valence-corrected chi connectivity index (χ2v) is 8.15. The predicted molar refractivity (Wildman–Crippen MR) is 116 cm³/mol. The van der Waals surface area contributed by atoms with Crippen LogP contribution in [0.5, 0.6) is 0 Å². The zero-order valence-corrected chi connectivity index (χ0v) is 18.1. The number of ether oxygens (including phenoxy) is 1. The van der Waals surface area contributed by atoms with Gasteiger partial charge in [-0.2, -0.15) is 0 Å². The predicted octanol–water partition coefficient (Wildman–Crippen LogP) is 4.82. The third-order valence-electron chi connectivity index (χ3n) is 5.88. The van der Waals surface area contributed by atoms with Crippen molar-refractivity contribution in [2.45, 2.75) is 52.5 Å². The standard InChI is InChI=1S/C24H29N3O3/c1-5-29-13-12-27(21-11-10-17-8-6-7-9-18(17)21)24(28)19-14-20(15(2)3)25-23-22(19)16(4)26-30-23/h6-9,14-15,21H,5,10-13H2,1-4H3. The van der Waals surface area contributed by atoms with Crippen molar-refractivity contribution in [3.63, 3.8) is 0 Å². The molecule has 0 bridgehead atoms. The summed E-state index contributed by atoms with van der Waals surface area (Å²) in [5, 5.41) is 4.78. The Kier molecular flexibility index (Phi) is 5.86. The van der Waals surface area contributed by atoms with Crippen molar-refractivity contribution < 1.29 is 14.1 Å². The minimum atomic E-state index is -0.0167. The third kappa shape index (κ3) is 3.72. The third-order valence-corrected chi connectivity index (χ3v) is 5.88. The number of nitrogens with zero attached hydrogens (tertiary/aromatic N) is 3. The Balaban J connectivity index is 1.78. The molecule has 6 heteroatoms. The number of aryl methyl sites for hydroxylation is 2. The molecule has 4 rings (SSSR count). The average molecular weight is 408 g/mol. The van der Waals surface area contributed by atoms with Gasteiger partial charge in [-0.3, -0.25) is 4.79 Å². The summed E-state index contributed by atoms with van der Waals surface area (Å²) in [4.78, 5) is 20.5. The Labute approximate surface area is 177 Å². The maximum Gasteiger partial charge on any atom is 0.259 e. The van der Waals surface area contributed by atoms with Crippen LogP contribution in [0.25, 0.3) is 11.1 Å². The number of carbonyl (C=O) groups is 1. The van der Waals surface area contributed by atoms with Crippen LogP contribution in [0, 0.1) is 6.92 Å². The maximum absolute atomic E-state index is 13.9. The van der Waals surface area contributed by atoms with Crippen LogP contribution in [0.4, 0.5) is 0 Å². The molecule has 2 heterocycles.